The molecule has 2 N–H and O–H groups in total. The number of nitrogens with one attached hydrogen (secondary N) is 1. The minimum Gasteiger partial charge on any atom is -0.481 e. The predicted octanol–water partition coefficient (Wildman–Crippen LogP) is 1.98. The summed E-state index contributed by atoms with van der Waals surface area (Å²) in [5.74, 6) is 0.408. The Morgan fingerprint density at radius 1 is 1.32 bits per heavy atom. The van der Waals surface area contributed by atoms with Gasteiger partial charge in [0.05, 0.1) is 12.0 Å². The van der Waals surface area contributed by atoms with Crippen molar-refractivity contribution >= 4 is 33.5 Å². The number of amides is 1. The Morgan fingerprint density at radius 3 is 2.74 bits per heavy atom. The normalized spacial score (nSPS) is 10.2. The van der Waals surface area contributed by atoms with E-state index in [1.54, 1.807) is 23.1 Å². The largest absolute Gasteiger partial charge is 0.481 e. The third-order valence-corrected chi connectivity index (χ3v) is 4.50. The fraction of sp³-hybridized carbons (Fsp3) is 0.417. The molecular formula is C12H16N2O3S2. The Kier molecular flexibility index (Phi) is 7.35. The van der Waals surface area contributed by atoms with Gasteiger partial charge >= 0.3 is 5.97 Å². The second kappa shape index (κ2) is 8.82. The van der Waals surface area contributed by atoms with Gasteiger partial charge in [0.2, 0.25) is 0 Å². The highest BCUT2D eigenvalue weighted by molar-refractivity contribution is 8.76. The molecule has 0 atom stereocenters. The van der Waals surface area contributed by atoms with E-state index in [1.807, 2.05) is 6.92 Å². The summed E-state index contributed by atoms with van der Waals surface area (Å²) < 4.78 is 0. The first kappa shape index (κ1) is 15.8. The molecule has 19 heavy (non-hydrogen) atoms. The van der Waals surface area contributed by atoms with Gasteiger partial charge in [-0.2, -0.15) is 0 Å². The molecule has 1 amide bonds. The van der Waals surface area contributed by atoms with Crippen molar-refractivity contribution in [2.75, 3.05) is 18.1 Å². The number of carbonyl (C=O) groups is 2. The van der Waals surface area contributed by atoms with Gasteiger partial charge in [0.1, 0.15) is 0 Å². The fourth-order valence-electron chi connectivity index (χ4n) is 1.23. The molecule has 1 heterocycles. The van der Waals surface area contributed by atoms with E-state index in [0.29, 0.717) is 17.9 Å². The highest BCUT2D eigenvalue weighted by Gasteiger charge is 2.05. The van der Waals surface area contributed by atoms with E-state index >= 15 is 0 Å². The van der Waals surface area contributed by atoms with Crippen LogP contribution < -0.4 is 5.32 Å². The minimum atomic E-state index is -0.784. The smallest absolute Gasteiger partial charge is 0.304 e. The summed E-state index contributed by atoms with van der Waals surface area (Å²) in [7, 11) is 3.06. The molecule has 0 aliphatic heterocycles. The molecule has 0 saturated heterocycles. The maximum absolute atomic E-state index is 11.7. The molecule has 0 spiro atoms. The third kappa shape index (κ3) is 7.07. The summed E-state index contributed by atoms with van der Waals surface area (Å²) in [6.45, 7) is 2.44. The van der Waals surface area contributed by atoms with Crippen LogP contribution in [0, 0.1) is 6.92 Å². The van der Waals surface area contributed by atoms with Crippen LogP contribution in [-0.4, -0.2) is 40.0 Å². The summed E-state index contributed by atoms with van der Waals surface area (Å²) in [4.78, 5) is 26.0. The molecule has 0 unspecified atom stereocenters. The summed E-state index contributed by atoms with van der Waals surface area (Å²) in [5, 5.41) is 11.2. The first-order chi connectivity index (χ1) is 9.09. The molecule has 5 nitrogen and oxygen atoms in total. The number of hydrogen-bond acceptors (Lipinski definition) is 5. The summed E-state index contributed by atoms with van der Waals surface area (Å²) in [6.07, 6.45) is 3.40. The van der Waals surface area contributed by atoms with Gasteiger partial charge in [-0.05, 0) is 18.6 Å². The number of carboxylic acid groups (broad SMARTS) is 1. The number of carboxylic acids is 1. The summed E-state index contributed by atoms with van der Waals surface area (Å²) in [6, 6.07) is 1.79. The van der Waals surface area contributed by atoms with Gasteiger partial charge < -0.3 is 10.4 Å². The van der Waals surface area contributed by atoms with E-state index < -0.39 is 5.97 Å². The van der Waals surface area contributed by atoms with E-state index in [2.05, 4.69) is 10.3 Å². The van der Waals surface area contributed by atoms with Crippen molar-refractivity contribution in [2.24, 2.45) is 0 Å². The standard InChI is InChI=1S/C12H16N2O3S2/c1-9-6-10(8-13-7-9)12(17)14-3-5-19-18-4-2-11(15)16/h6-8H,2-5H2,1H3,(H,14,17)(H,15,16). The van der Waals surface area contributed by atoms with Crippen LogP contribution in [0.3, 0.4) is 0 Å². The molecule has 0 saturated carbocycles. The molecule has 1 aromatic heterocycles. The maximum Gasteiger partial charge on any atom is 0.304 e. The van der Waals surface area contributed by atoms with Crippen LogP contribution in [0.2, 0.25) is 0 Å². The Bertz CT molecular complexity index is 441. The highest BCUT2D eigenvalue weighted by atomic mass is 33.1. The first-order valence-corrected chi connectivity index (χ1v) is 8.24. The van der Waals surface area contributed by atoms with E-state index in [1.165, 1.54) is 17.0 Å². The molecule has 0 bridgehead atoms. The molecule has 1 rings (SSSR count). The van der Waals surface area contributed by atoms with E-state index in [-0.39, 0.29) is 12.3 Å². The number of aromatic nitrogens is 1. The number of nitrogens with zero attached hydrogens (tertiary/aromatic N) is 1. The number of aliphatic carboxylic acids is 1. The summed E-state index contributed by atoms with van der Waals surface area (Å²) in [5.41, 5.74) is 1.51. The maximum atomic E-state index is 11.7. The van der Waals surface area contributed by atoms with Crippen LogP contribution >= 0.6 is 21.6 Å². The van der Waals surface area contributed by atoms with Crippen molar-refractivity contribution in [3.05, 3.63) is 29.6 Å². The zero-order chi connectivity index (χ0) is 14.1. The van der Waals surface area contributed by atoms with Crippen molar-refractivity contribution in [3.63, 3.8) is 0 Å². The van der Waals surface area contributed by atoms with Crippen LogP contribution in [0.15, 0.2) is 18.5 Å². The van der Waals surface area contributed by atoms with Crippen LogP contribution in [0.25, 0.3) is 0 Å². The Hall–Kier alpha value is -1.21. The molecule has 104 valence electrons. The number of aryl methyl sites for hydroxylation is 1. The van der Waals surface area contributed by atoms with Gasteiger partial charge in [0.15, 0.2) is 0 Å². The molecule has 7 heteroatoms. The Balaban J connectivity index is 2.12. The minimum absolute atomic E-state index is 0.132. The van der Waals surface area contributed by atoms with Crippen molar-refractivity contribution in [1.29, 1.82) is 0 Å². The fourth-order valence-corrected chi connectivity index (χ4v) is 3.12. The Labute approximate surface area is 120 Å². The van der Waals surface area contributed by atoms with E-state index in [0.717, 1.165) is 11.3 Å². The van der Waals surface area contributed by atoms with Crippen LogP contribution in [0.1, 0.15) is 22.3 Å². The lowest BCUT2D eigenvalue weighted by molar-refractivity contribution is -0.136. The van der Waals surface area contributed by atoms with Crippen LogP contribution in [0.4, 0.5) is 0 Å². The van der Waals surface area contributed by atoms with Crippen molar-refractivity contribution in [1.82, 2.24) is 10.3 Å². The van der Waals surface area contributed by atoms with Gasteiger partial charge in [-0.15, -0.1) is 0 Å². The van der Waals surface area contributed by atoms with Crippen LogP contribution in [0.5, 0.6) is 0 Å². The predicted molar refractivity (Wildman–Crippen MR) is 78.5 cm³/mol. The lowest BCUT2D eigenvalue weighted by Gasteiger charge is -2.05. The van der Waals surface area contributed by atoms with Gasteiger partial charge in [-0.1, -0.05) is 21.6 Å². The van der Waals surface area contributed by atoms with Gasteiger partial charge in [0.25, 0.3) is 5.91 Å². The van der Waals surface area contributed by atoms with Gasteiger partial charge in [-0.3, -0.25) is 14.6 Å². The molecule has 1 aromatic rings. The average Bonchev–Trinajstić information content (AvgIpc) is 2.37. The molecule has 0 aromatic carbocycles. The molecule has 0 aliphatic rings. The number of rotatable bonds is 8. The first-order valence-electron chi connectivity index (χ1n) is 5.75. The SMILES string of the molecule is Cc1cncc(C(=O)NCCSSCCC(=O)O)c1. The van der Waals surface area contributed by atoms with Crippen molar-refractivity contribution in [2.45, 2.75) is 13.3 Å². The number of hydrogen-bond donors (Lipinski definition) is 2. The van der Waals surface area contributed by atoms with E-state index in [4.69, 9.17) is 5.11 Å². The topological polar surface area (TPSA) is 79.3 Å². The van der Waals surface area contributed by atoms with Gasteiger partial charge in [0, 0.05) is 30.4 Å². The lowest BCUT2D eigenvalue weighted by atomic mass is 10.2. The lowest BCUT2D eigenvalue weighted by Crippen LogP contribution is -2.25. The van der Waals surface area contributed by atoms with Crippen molar-refractivity contribution < 1.29 is 14.7 Å². The zero-order valence-corrected chi connectivity index (χ0v) is 12.2. The van der Waals surface area contributed by atoms with E-state index in [9.17, 15) is 9.59 Å². The van der Waals surface area contributed by atoms with Crippen LogP contribution in [-0.2, 0) is 4.79 Å². The quantitative estimate of drug-likeness (QED) is 0.564. The second-order valence-corrected chi connectivity index (χ2v) is 6.50. The number of carbonyl (C=O) groups excluding carboxylic acids is 1. The zero-order valence-electron chi connectivity index (χ0n) is 10.6. The monoisotopic (exact) mass is 300 g/mol. The van der Waals surface area contributed by atoms with Crippen molar-refractivity contribution in [3.8, 4) is 0 Å². The second-order valence-electron chi connectivity index (χ2n) is 3.79. The molecule has 0 aliphatic carbocycles. The molecular weight excluding hydrogens is 284 g/mol. The third-order valence-electron chi connectivity index (χ3n) is 2.09. The average molecular weight is 300 g/mol. The summed E-state index contributed by atoms with van der Waals surface area (Å²) >= 11 is 0. The highest BCUT2D eigenvalue weighted by Crippen LogP contribution is 2.20. The molecule has 0 radical (unpaired) electrons. The Morgan fingerprint density at radius 2 is 2.05 bits per heavy atom. The molecule has 0 fully saturated rings. The number of pyridine rings is 1. The van der Waals surface area contributed by atoms with Gasteiger partial charge in [-0.25, -0.2) is 0 Å².